The molecule has 0 saturated carbocycles. The lowest BCUT2D eigenvalue weighted by atomic mass is 10.0. The zero-order valence-corrected chi connectivity index (χ0v) is 11.4. The van der Waals surface area contributed by atoms with E-state index in [0.717, 1.165) is 12.8 Å². The van der Waals surface area contributed by atoms with Gasteiger partial charge in [0, 0.05) is 12.6 Å². The number of rotatable bonds is 6. The van der Waals surface area contributed by atoms with Gasteiger partial charge < -0.3 is 5.32 Å². The van der Waals surface area contributed by atoms with Crippen LogP contribution in [0.4, 0.5) is 5.82 Å². The maximum absolute atomic E-state index is 11.8. The molecule has 0 spiro atoms. The summed E-state index contributed by atoms with van der Waals surface area (Å²) in [6.45, 7) is 6.30. The molecule has 3 nitrogen and oxygen atoms in total. The highest BCUT2D eigenvalue weighted by atomic mass is 16.1. The number of carbonyl (C=O) groups excluding carboxylic acids is 1. The maximum Gasteiger partial charge on any atom is 0.225 e. The number of hydrogen-bond donors (Lipinski definition) is 1. The van der Waals surface area contributed by atoms with Crippen molar-refractivity contribution in [3.8, 4) is 0 Å². The largest absolute Gasteiger partial charge is 0.311 e. The molecule has 3 heteroatoms. The lowest BCUT2D eigenvalue weighted by molar-refractivity contribution is -0.117. The Bertz CT molecular complexity index is 394. The van der Waals surface area contributed by atoms with Crippen molar-refractivity contribution in [1.82, 2.24) is 4.98 Å². The molecule has 0 aliphatic heterocycles. The summed E-state index contributed by atoms with van der Waals surface area (Å²) in [5.74, 6) is 1.06. The minimum atomic E-state index is 0.0402. The second-order valence-electron chi connectivity index (χ2n) is 4.93. The molecule has 0 radical (unpaired) electrons. The van der Waals surface area contributed by atoms with Gasteiger partial charge in [-0.15, -0.1) is 0 Å². The summed E-state index contributed by atoms with van der Waals surface area (Å²) in [5.41, 5.74) is 1.33. The number of aromatic nitrogens is 1. The maximum atomic E-state index is 11.8. The molecule has 1 heterocycles. The number of carbonyl (C=O) groups is 1. The van der Waals surface area contributed by atoms with Crippen molar-refractivity contribution in [3.63, 3.8) is 0 Å². The third kappa shape index (κ3) is 6.18. The standard InChI is InChI=1S/C15H22N2O/c1-12(2)7-6-8-13(3)11-15(18)17-14-9-4-5-10-16-14/h4-5,7,9-10,13H,6,8,11H2,1-3H3,(H,16,17,18). The zero-order chi connectivity index (χ0) is 13.4. The van der Waals surface area contributed by atoms with Crippen LogP contribution in [0.1, 0.15) is 40.0 Å². The zero-order valence-electron chi connectivity index (χ0n) is 11.4. The summed E-state index contributed by atoms with van der Waals surface area (Å²) in [7, 11) is 0. The fourth-order valence-corrected chi connectivity index (χ4v) is 1.71. The van der Waals surface area contributed by atoms with Gasteiger partial charge in [0.2, 0.25) is 5.91 Å². The van der Waals surface area contributed by atoms with Gasteiger partial charge in [0.1, 0.15) is 5.82 Å². The second-order valence-corrected chi connectivity index (χ2v) is 4.93. The molecule has 0 bridgehead atoms. The summed E-state index contributed by atoms with van der Waals surface area (Å²) < 4.78 is 0. The third-order valence-electron chi connectivity index (χ3n) is 2.68. The second kappa shape index (κ2) is 7.64. The summed E-state index contributed by atoms with van der Waals surface area (Å²) >= 11 is 0. The van der Waals surface area contributed by atoms with Crippen molar-refractivity contribution in [3.05, 3.63) is 36.0 Å². The molecule has 1 amide bonds. The van der Waals surface area contributed by atoms with Crippen LogP contribution in [0.2, 0.25) is 0 Å². The number of allylic oxidation sites excluding steroid dienone is 2. The minimum Gasteiger partial charge on any atom is -0.311 e. The first kappa shape index (κ1) is 14.4. The van der Waals surface area contributed by atoms with Crippen LogP contribution in [0.25, 0.3) is 0 Å². The first-order valence-electron chi connectivity index (χ1n) is 6.42. The lowest BCUT2D eigenvalue weighted by Crippen LogP contribution is -2.15. The molecular weight excluding hydrogens is 224 g/mol. The number of pyridine rings is 1. The topological polar surface area (TPSA) is 42.0 Å². The van der Waals surface area contributed by atoms with Crippen LogP contribution in [-0.2, 0) is 4.79 Å². The SMILES string of the molecule is CC(C)=CCCC(C)CC(=O)Nc1ccccn1. The summed E-state index contributed by atoms with van der Waals surface area (Å²) in [6.07, 6.45) is 6.52. The number of nitrogens with one attached hydrogen (secondary N) is 1. The molecule has 1 N–H and O–H groups in total. The number of amides is 1. The summed E-state index contributed by atoms with van der Waals surface area (Å²) in [4.78, 5) is 15.8. The fourth-order valence-electron chi connectivity index (χ4n) is 1.71. The van der Waals surface area contributed by atoms with E-state index < -0.39 is 0 Å². The van der Waals surface area contributed by atoms with Gasteiger partial charge in [-0.3, -0.25) is 4.79 Å². The molecule has 1 atom stereocenters. The summed E-state index contributed by atoms with van der Waals surface area (Å²) in [5, 5.41) is 2.81. The fraction of sp³-hybridized carbons (Fsp3) is 0.467. The van der Waals surface area contributed by atoms with Crippen LogP contribution < -0.4 is 5.32 Å². The minimum absolute atomic E-state index is 0.0402. The van der Waals surface area contributed by atoms with Crippen LogP contribution in [0, 0.1) is 5.92 Å². The molecule has 1 aromatic rings. The molecule has 98 valence electrons. The van der Waals surface area contributed by atoms with Crippen LogP contribution >= 0.6 is 0 Å². The van der Waals surface area contributed by atoms with E-state index in [1.54, 1.807) is 12.3 Å². The van der Waals surface area contributed by atoms with E-state index in [1.165, 1.54) is 5.57 Å². The normalized spacial score (nSPS) is 11.7. The molecule has 0 aliphatic rings. The van der Waals surface area contributed by atoms with Crippen LogP contribution in [-0.4, -0.2) is 10.9 Å². The first-order valence-corrected chi connectivity index (χ1v) is 6.42. The highest BCUT2D eigenvalue weighted by molar-refractivity contribution is 5.89. The van der Waals surface area contributed by atoms with Crippen molar-refractivity contribution in [1.29, 1.82) is 0 Å². The Morgan fingerprint density at radius 1 is 1.44 bits per heavy atom. The highest BCUT2D eigenvalue weighted by Gasteiger charge is 2.08. The Kier molecular flexibility index (Phi) is 6.12. The van der Waals surface area contributed by atoms with Crippen molar-refractivity contribution in [2.75, 3.05) is 5.32 Å². The molecule has 1 aromatic heterocycles. The van der Waals surface area contributed by atoms with E-state index in [4.69, 9.17) is 0 Å². The molecule has 0 aromatic carbocycles. The van der Waals surface area contributed by atoms with E-state index >= 15 is 0 Å². The molecular formula is C15H22N2O. The average molecular weight is 246 g/mol. The highest BCUT2D eigenvalue weighted by Crippen LogP contribution is 2.13. The van der Waals surface area contributed by atoms with Gasteiger partial charge in [-0.25, -0.2) is 4.98 Å². The van der Waals surface area contributed by atoms with Gasteiger partial charge in [-0.05, 0) is 44.7 Å². The predicted octanol–water partition coefficient (Wildman–Crippen LogP) is 3.79. The van der Waals surface area contributed by atoms with Gasteiger partial charge in [0.15, 0.2) is 0 Å². The Labute approximate surface area is 109 Å². The molecule has 1 unspecified atom stereocenters. The Hall–Kier alpha value is -1.64. The molecule has 0 aliphatic carbocycles. The Balaban J connectivity index is 2.29. The van der Waals surface area contributed by atoms with Gasteiger partial charge in [0.05, 0.1) is 0 Å². The van der Waals surface area contributed by atoms with Gasteiger partial charge in [-0.1, -0.05) is 24.6 Å². The van der Waals surface area contributed by atoms with Gasteiger partial charge in [0.25, 0.3) is 0 Å². The van der Waals surface area contributed by atoms with Crippen molar-refractivity contribution >= 4 is 11.7 Å². The van der Waals surface area contributed by atoms with E-state index in [-0.39, 0.29) is 5.91 Å². The number of anilines is 1. The number of nitrogens with zero attached hydrogens (tertiary/aromatic N) is 1. The monoisotopic (exact) mass is 246 g/mol. The lowest BCUT2D eigenvalue weighted by Gasteiger charge is -2.10. The van der Waals surface area contributed by atoms with Crippen molar-refractivity contribution in [2.24, 2.45) is 5.92 Å². The Morgan fingerprint density at radius 2 is 2.22 bits per heavy atom. The van der Waals surface area contributed by atoms with Crippen LogP contribution in [0.3, 0.4) is 0 Å². The predicted molar refractivity (Wildman–Crippen MR) is 75.3 cm³/mol. The van der Waals surface area contributed by atoms with Crippen LogP contribution in [0.15, 0.2) is 36.0 Å². The van der Waals surface area contributed by atoms with E-state index in [1.807, 2.05) is 12.1 Å². The van der Waals surface area contributed by atoms with E-state index in [2.05, 4.69) is 37.1 Å². The Morgan fingerprint density at radius 3 is 2.83 bits per heavy atom. The molecule has 18 heavy (non-hydrogen) atoms. The molecule has 1 rings (SSSR count). The third-order valence-corrected chi connectivity index (χ3v) is 2.68. The first-order chi connectivity index (χ1) is 8.58. The quantitative estimate of drug-likeness (QED) is 0.776. The van der Waals surface area contributed by atoms with Crippen LogP contribution in [0.5, 0.6) is 0 Å². The summed E-state index contributed by atoms with van der Waals surface area (Å²) in [6, 6.07) is 5.49. The average Bonchev–Trinajstić information content (AvgIpc) is 2.29. The van der Waals surface area contributed by atoms with Crippen molar-refractivity contribution in [2.45, 2.75) is 40.0 Å². The van der Waals surface area contributed by atoms with Crippen molar-refractivity contribution < 1.29 is 4.79 Å². The van der Waals surface area contributed by atoms with Gasteiger partial charge >= 0.3 is 0 Å². The molecule has 0 fully saturated rings. The van der Waals surface area contributed by atoms with E-state index in [0.29, 0.717) is 18.2 Å². The number of hydrogen-bond acceptors (Lipinski definition) is 2. The smallest absolute Gasteiger partial charge is 0.225 e. The van der Waals surface area contributed by atoms with E-state index in [9.17, 15) is 4.79 Å². The van der Waals surface area contributed by atoms with Gasteiger partial charge in [-0.2, -0.15) is 0 Å². The molecule has 0 saturated heterocycles.